The van der Waals surface area contributed by atoms with Crippen LogP contribution in [0.4, 0.5) is 0 Å². The van der Waals surface area contributed by atoms with Gasteiger partial charge in [0.15, 0.2) is 0 Å². The lowest BCUT2D eigenvalue weighted by Crippen LogP contribution is -2.17. The van der Waals surface area contributed by atoms with Gasteiger partial charge < -0.3 is 4.74 Å². The highest BCUT2D eigenvalue weighted by molar-refractivity contribution is 9.10. The summed E-state index contributed by atoms with van der Waals surface area (Å²) in [6, 6.07) is 8.22. The molecule has 1 saturated carbocycles. The largest absolute Gasteiger partial charge is 0.372 e. The van der Waals surface area contributed by atoms with E-state index >= 15 is 0 Å². The van der Waals surface area contributed by atoms with Gasteiger partial charge in [-0.05, 0) is 30.9 Å². The second-order valence-electron chi connectivity index (χ2n) is 3.89. The van der Waals surface area contributed by atoms with Crippen LogP contribution in [0.15, 0.2) is 28.7 Å². The Morgan fingerprint density at radius 2 is 2.07 bits per heavy atom. The van der Waals surface area contributed by atoms with E-state index in [4.69, 9.17) is 4.74 Å². The van der Waals surface area contributed by atoms with Gasteiger partial charge in [-0.1, -0.05) is 50.1 Å². The number of ether oxygens (including phenoxy) is 1. The van der Waals surface area contributed by atoms with Crippen LogP contribution in [-0.4, -0.2) is 10.9 Å². The van der Waals surface area contributed by atoms with Gasteiger partial charge in [-0.2, -0.15) is 0 Å². The zero-order chi connectivity index (χ0) is 10.7. The number of rotatable bonds is 3. The van der Waals surface area contributed by atoms with Crippen LogP contribution in [0.5, 0.6) is 0 Å². The quantitative estimate of drug-likeness (QED) is 0.750. The van der Waals surface area contributed by atoms with E-state index in [1.54, 1.807) is 0 Å². The van der Waals surface area contributed by atoms with E-state index in [-0.39, 0.29) is 0 Å². The summed E-state index contributed by atoms with van der Waals surface area (Å²) in [6.07, 6.45) is 4.08. The third kappa shape index (κ3) is 3.05. The van der Waals surface area contributed by atoms with Crippen molar-refractivity contribution in [2.24, 2.45) is 0 Å². The fourth-order valence-corrected chi connectivity index (χ4v) is 3.02. The normalized spacial score (nSPS) is 25.7. The third-order valence-electron chi connectivity index (χ3n) is 2.78. The van der Waals surface area contributed by atoms with Crippen molar-refractivity contribution in [3.05, 3.63) is 34.3 Å². The van der Waals surface area contributed by atoms with Crippen molar-refractivity contribution in [3.63, 3.8) is 0 Å². The molecule has 0 aromatic heterocycles. The molecule has 82 valence electrons. The second kappa shape index (κ2) is 5.46. The molecule has 1 aromatic carbocycles. The smallest absolute Gasteiger partial charge is 0.0732 e. The van der Waals surface area contributed by atoms with Gasteiger partial charge in [0, 0.05) is 9.30 Å². The van der Waals surface area contributed by atoms with E-state index in [2.05, 4.69) is 44.0 Å². The molecule has 1 nitrogen and oxygen atoms in total. The Bertz CT molecular complexity index is 327. The Labute approximate surface area is 107 Å². The Hall–Kier alpha value is 0.140. The molecule has 2 atom stereocenters. The molecular weight excluding hydrogens is 320 g/mol. The van der Waals surface area contributed by atoms with Gasteiger partial charge >= 0.3 is 0 Å². The lowest BCUT2D eigenvalue weighted by Gasteiger charge is -2.15. The number of alkyl halides is 1. The van der Waals surface area contributed by atoms with Crippen LogP contribution < -0.4 is 0 Å². The minimum absolute atomic E-state index is 0.386. The van der Waals surface area contributed by atoms with Crippen LogP contribution in [0.25, 0.3) is 0 Å². The van der Waals surface area contributed by atoms with Crippen LogP contribution in [-0.2, 0) is 11.3 Å². The summed E-state index contributed by atoms with van der Waals surface area (Å²) in [6.45, 7) is 0.703. The van der Waals surface area contributed by atoms with Crippen LogP contribution in [0.2, 0.25) is 0 Å². The molecule has 0 amide bonds. The summed E-state index contributed by atoms with van der Waals surface area (Å²) in [4.78, 5) is 0.542. The molecule has 1 aromatic rings. The van der Waals surface area contributed by atoms with Crippen LogP contribution >= 0.6 is 31.9 Å². The minimum atomic E-state index is 0.386. The summed E-state index contributed by atoms with van der Waals surface area (Å²) in [5.74, 6) is 0. The van der Waals surface area contributed by atoms with Gasteiger partial charge in [0.25, 0.3) is 0 Å². The monoisotopic (exact) mass is 332 g/mol. The number of hydrogen-bond donors (Lipinski definition) is 0. The highest BCUT2D eigenvalue weighted by atomic mass is 79.9. The lowest BCUT2D eigenvalue weighted by atomic mass is 10.2. The first-order valence-electron chi connectivity index (χ1n) is 5.26. The molecule has 15 heavy (non-hydrogen) atoms. The van der Waals surface area contributed by atoms with E-state index in [9.17, 15) is 0 Å². The van der Waals surface area contributed by atoms with Gasteiger partial charge in [0.1, 0.15) is 0 Å². The fourth-order valence-electron chi connectivity index (χ4n) is 1.88. The molecule has 3 heteroatoms. The third-order valence-corrected chi connectivity index (χ3v) is 4.60. The Balaban J connectivity index is 1.90. The first kappa shape index (κ1) is 11.6. The highest BCUT2D eigenvalue weighted by Crippen LogP contribution is 2.29. The molecule has 0 heterocycles. The van der Waals surface area contributed by atoms with Gasteiger partial charge in [-0.15, -0.1) is 0 Å². The molecule has 1 aliphatic carbocycles. The maximum atomic E-state index is 5.91. The van der Waals surface area contributed by atoms with E-state index in [0.29, 0.717) is 17.5 Å². The van der Waals surface area contributed by atoms with Crippen molar-refractivity contribution in [1.29, 1.82) is 0 Å². The maximum absolute atomic E-state index is 5.91. The predicted molar refractivity (Wildman–Crippen MR) is 69.3 cm³/mol. The summed E-state index contributed by atoms with van der Waals surface area (Å²) >= 11 is 7.19. The average Bonchev–Trinajstić information content (AvgIpc) is 2.63. The van der Waals surface area contributed by atoms with E-state index in [1.807, 2.05) is 12.1 Å². The van der Waals surface area contributed by atoms with Crippen molar-refractivity contribution < 1.29 is 4.74 Å². The molecule has 0 spiro atoms. The molecule has 2 unspecified atom stereocenters. The van der Waals surface area contributed by atoms with Crippen LogP contribution in [0.3, 0.4) is 0 Å². The molecule has 0 bridgehead atoms. The molecule has 2 rings (SSSR count). The zero-order valence-electron chi connectivity index (χ0n) is 8.46. The SMILES string of the molecule is Brc1ccccc1COC1CCCC1Br. The summed E-state index contributed by atoms with van der Waals surface area (Å²) < 4.78 is 7.04. The van der Waals surface area contributed by atoms with Gasteiger partial charge in [0.05, 0.1) is 12.7 Å². The second-order valence-corrected chi connectivity index (χ2v) is 5.92. The van der Waals surface area contributed by atoms with Crippen molar-refractivity contribution in [1.82, 2.24) is 0 Å². The van der Waals surface area contributed by atoms with Crippen LogP contribution in [0.1, 0.15) is 24.8 Å². The van der Waals surface area contributed by atoms with Crippen molar-refractivity contribution in [2.45, 2.75) is 36.8 Å². The van der Waals surface area contributed by atoms with Gasteiger partial charge in [0.2, 0.25) is 0 Å². The molecular formula is C12H14Br2O. The van der Waals surface area contributed by atoms with Crippen molar-refractivity contribution >= 4 is 31.9 Å². The maximum Gasteiger partial charge on any atom is 0.0732 e. The molecule has 0 N–H and O–H groups in total. The van der Waals surface area contributed by atoms with Gasteiger partial charge in [-0.3, -0.25) is 0 Å². The Morgan fingerprint density at radius 1 is 1.27 bits per heavy atom. The summed E-state index contributed by atoms with van der Waals surface area (Å²) in [7, 11) is 0. The number of halogens is 2. The molecule has 0 aliphatic heterocycles. The Kier molecular flexibility index (Phi) is 4.23. The molecule has 0 radical (unpaired) electrons. The molecule has 1 aliphatic rings. The molecule has 0 saturated heterocycles. The molecule has 1 fully saturated rings. The average molecular weight is 334 g/mol. The minimum Gasteiger partial charge on any atom is -0.372 e. The highest BCUT2D eigenvalue weighted by Gasteiger charge is 2.25. The first-order valence-corrected chi connectivity index (χ1v) is 6.97. The summed E-state index contributed by atoms with van der Waals surface area (Å²) in [5, 5.41) is 0. The van der Waals surface area contributed by atoms with Crippen molar-refractivity contribution in [2.75, 3.05) is 0 Å². The predicted octanol–water partition coefficient (Wildman–Crippen LogP) is 4.28. The first-order chi connectivity index (χ1) is 7.27. The fraction of sp³-hybridized carbons (Fsp3) is 0.500. The lowest BCUT2D eigenvalue weighted by molar-refractivity contribution is 0.0497. The van der Waals surface area contributed by atoms with Crippen LogP contribution in [0, 0.1) is 0 Å². The van der Waals surface area contributed by atoms with Crippen molar-refractivity contribution in [3.8, 4) is 0 Å². The van der Waals surface area contributed by atoms with Gasteiger partial charge in [-0.25, -0.2) is 0 Å². The van der Waals surface area contributed by atoms with E-state index in [0.717, 1.165) is 4.47 Å². The zero-order valence-corrected chi connectivity index (χ0v) is 11.6. The standard InChI is InChI=1S/C12H14Br2O/c13-10-5-2-1-4-9(10)8-15-12-7-3-6-11(12)14/h1-2,4-5,11-12H,3,6-8H2. The number of hydrogen-bond acceptors (Lipinski definition) is 1. The number of benzene rings is 1. The van der Waals surface area contributed by atoms with E-state index < -0.39 is 0 Å². The summed E-state index contributed by atoms with van der Waals surface area (Å²) in [5.41, 5.74) is 1.23. The Morgan fingerprint density at radius 3 is 2.73 bits per heavy atom. The topological polar surface area (TPSA) is 9.23 Å². The van der Waals surface area contributed by atoms with E-state index in [1.165, 1.54) is 24.8 Å².